The second-order valence-corrected chi connectivity index (χ2v) is 5.52. The lowest BCUT2D eigenvalue weighted by molar-refractivity contribution is -0.136. The first-order valence-corrected chi connectivity index (χ1v) is 7.79. The van der Waals surface area contributed by atoms with E-state index in [1.165, 1.54) is 25.1 Å². The molecule has 0 radical (unpaired) electrons. The summed E-state index contributed by atoms with van der Waals surface area (Å²) in [6.07, 6.45) is 0.318. The number of rotatable bonds is 7. The van der Waals surface area contributed by atoms with Crippen molar-refractivity contribution in [2.24, 2.45) is 10.2 Å². The summed E-state index contributed by atoms with van der Waals surface area (Å²) in [6, 6.07) is 11.2. The van der Waals surface area contributed by atoms with Crippen molar-refractivity contribution in [3.8, 4) is 5.75 Å². The molecule has 2 rings (SSSR count). The van der Waals surface area contributed by atoms with Crippen LogP contribution in [0.15, 0.2) is 65.0 Å². The standard InChI is InChI=1S/C19H18N2O5/c1-12(2)26-19(25)15-11-14(8-9-17(15)22)20-21-16-6-4-3-5-13(16)7-10-18(23)24/h3-6,8-9,11,22H,1,7,10H2,2H3,(H,23,24). The number of hydrogen-bond acceptors (Lipinski definition) is 6. The van der Waals surface area contributed by atoms with Crippen molar-refractivity contribution in [3.63, 3.8) is 0 Å². The van der Waals surface area contributed by atoms with Gasteiger partial charge in [-0.25, -0.2) is 4.79 Å². The molecule has 0 unspecified atom stereocenters. The number of carboxylic acids is 1. The number of esters is 1. The van der Waals surface area contributed by atoms with Crippen LogP contribution in [0, 0.1) is 0 Å². The lowest BCUT2D eigenvalue weighted by Crippen LogP contribution is -2.03. The molecule has 0 aliphatic carbocycles. The molecule has 0 saturated carbocycles. The van der Waals surface area contributed by atoms with Crippen LogP contribution in [0.5, 0.6) is 5.75 Å². The Kier molecular flexibility index (Phi) is 6.21. The lowest BCUT2D eigenvalue weighted by Gasteiger charge is -2.06. The topological polar surface area (TPSA) is 109 Å². The maximum absolute atomic E-state index is 11.9. The Balaban J connectivity index is 2.25. The molecule has 26 heavy (non-hydrogen) atoms. The van der Waals surface area contributed by atoms with E-state index in [-0.39, 0.29) is 23.5 Å². The molecule has 0 aromatic heterocycles. The van der Waals surface area contributed by atoms with Crippen LogP contribution in [-0.4, -0.2) is 22.2 Å². The van der Waals surface area contributed by atoms with Crippen LogP contribution in [0.2, 0.25) is 0 Å². The van der Waals surface area contributed by atoms with Gasteiger partial charge in [0.1, 0.15) is 11.3 Å². The van der Waals surface area contributed by atoms with Gasteiger partial charge in [-0.15, -0.1) is 0 Å². The fraction of sp³-hybridized carbons (Fsp3) is 0.158. The summed E-state index contributed by atoms with van der Waals surface area (Å²) in [5, 5.41) is 26.8. The zero-order valence-corrected chi connectivity index (χ0v) is 14.2. The number of nitrogens with zero attached hydrogens (tertiary/aromatic N) is 2. The number of aromatic hydroxyl groups is 1. The normalized spacial score (nSPS) is 10.7. The number of ether oxygens (including phenoxy) is 1. The maximum Gasteiger partial charge on any atom is 0.347 e. The first kappa shape index (κ1) is 18.9. The molecule has 2 N–H and O–H groups in total. The summed E-state index contributed by atoms with van der Waals surface area (Å²) in [4.78, 5) is 22.7. The van der Waals surface area contributed by atoms with E-state index in [0.717, 1.165) is 5.56 Å². The summed E-state index contributed by atoms with van der Waals surface area (Å²) < 4.78 is 4.89. The highest BCUT2D eigenvalue weighted by atomic mass is 16.5. The number of aliphatic carboxylic acids is 1. The molecule has 134 valence electrons. The van der Waals surface area contributed by atoms with Gasteiger partial charge >= 0.3 is 11.9 Å². The van der Waals surface area contributed by atoms with Crippen LogP contribution in [0.25, 0.3) is 0 Å². The molecule has 2 aromatic carbocycles. The highest BCUT2D eigenvalue weighted by Gasteiger charge is 2.14. The van der Waals surface area contributed by atoms with E-state index in [0.29, 0.717) is 17.8 Å². The predicted molar refractivity (Wildman–Crippen MR) is 94.9 cm³/mol. The number of carbonyl (C=O) groups is 2. The van der Waals surface area contributed by atoms with Crippen molar-refractivity contribution in [2.75, 3.05) is 0 Å². The van der Waals surface area contributed by atoms with E-state index >= 15 is 0 Å². The first-order chi connectivity index (χ1) is 12.4. The van der Waals surface area contributed by atoms with Gasteiger partial charge in [-0.2, -0.15) is 10.2 Å². The van der Waals surface area contributed by atoms with Crippen LogP contribution < -0.4 is 0 Å². The third kappa shape index (κ3) is 5.27. The average Bonchev–Trinajstić information content (AvgIpc) is 2.59. The summed E-state index contributed by atoms with van der Waals surface area (Å²) in [5.41, 5.74) is 1.57. The molecular formula is C19H18N2O5. The number of benzene rings is 2. The third-order valence-electron chi connectivity index (χ3n) is 3.34. The summed E-state index contributed by atoms with van der Waals surface area (Å²) in [7, 11) is 0. The van der Waals surface area contributed by atoms with Crippen molar-refractivity contribution in [3.05, 3.63) is 65.9 Å². The smallest absolute Gasteiger partial charge is 0.347 e. The number of carbonyl (C=O) groups excluding carboxylic acids is 1. The summed E-state index contributed by atoms with van der Waals surface area (Å²) in [6.45, 7) is 5.00. The Bertz CT molecular complexity index is 874. The Hall–Kier alpha value is -3.48. The molecular weight excluding hydrogens is 336 g/mol. The fourth-order valence-corrected chi connectivity index (χ4v) is 2.14. The second-order valence-electron chi connectivity index (χ2n) is 5.52. The van der Waals surface area contributed by atoms with Crippen molar-refractivity contribution >= 4 is 23.3 Å². The first-order valence-electron chi connectivity index (χ1n) is 7.79. The molecule has 0 aliphatic heterocycles. The Morgan fingerprint density at radius 2 is 1.88 bits per heavy atom. The van der Waals surface area contributed by atoms with Gasteiger partial charge in [0.15, 0.2) is 0 Å². The minimum Gasteiger partial charge on any atom is -0.507 e. The van der Waals surface area contributed by atoms with Gasteiger partial charge in [0.25, 0.3) is 0 Å². The van der Waals surface area contributed by atoms with Crippen molar-refractivity contribution in [1.82, 2.24) is 0 Å². The second kappa shape index (κ2) is 8.57. The van der Waals surface area contributed by atoms with Gasteiger partial charge in [-0.1, -0.05) is 24.8 Å². The van der Waals surface area contributed by atoms with E-state index in [1.54, 1.807) is 24.3 Å². The molecule has 0 amide bonds. The van der Waals surface area contributed by atoms with Crippen LogP contribution in [0.1, 0.15) is 29.3 Å². The molecule has 0 bridgehead atoms. The number of azo groups is 1. The zero-order valence-electron chi connectivity index (χ0n) is 14.2. The molecule has 2 aromatic rings. The van der Waals surface area contributed by atoms with Gasteiger partial charge < -0.3 is 14.9 Å². The minimum absolute atomic E-state index is 0.0113. The zero-order chi connectivity index (χ0) is 19.1. The molecule has 0 heterocycles. The SMILES string of the molecule is C=C(C)OC(=O)c1cc(N=Nc2ccccc2CCC(=O)O)ccc1O. The van der Waals surface area contributed by atoms with E-state index in [9.17, 15) is 14.7 Å². The van der Waals surface area contributed by atoms with Crippen molar-refractivity contribution in [2.45, 2.75) is 19.8 Å². The molecule has 0 fully saturated rings. The van der Waals surface area contributed by atoms with E-state index in [2.05, 4.69) is 16.8 Å². The summed E-state index contributed by atoms with van der Waals surface area (Å²) in [5.74, 6) is -1.67. The highest BCUT2D eigenvalue weighted by Crippen LogP contribution is 2.27. The molecule has 0 saturated heterocycles. The molecule has 0 spiro atoms. The van der Waals surface area contributed by atoms with Crippen molar-refractivity contribution in [1.29, 1.82) is 0 Å². The molecule has 0 atom stereocenters. The van der Waals surface area contributed by atoms with E-state index < -0.39 is 11.9 Å². The Morgan fingerprint density at radius 1 is 1.15 bits per heavy atom. The monoisotopic (exact) mass is 354 g/mol. The number of carboxylic acid groups (broad SMARTS) is 1. The van der Waals surface area contributed by atoms with E-state index in [4.69, 9.17) is 9.84 Å². The number of allylic oxidation sites excluding steroid dienone is 1. The lowest BCUT2D eigenvalue weighted by atomic mass is 10.1. The van der Waals surface area contributed by atoms with Crippen LogP contribution >= 0.6 is 0 Å². The fourth-order valence-electron chi connectivity index (χ4n) is 2.14. The Labute approximate surface area is 150 Å². The van der Waals surface area contributed by atoms with Gasteiger partial charge in [-0.05, 0) is 43.2 Å². The van der Waals surface area contributed by atoms with Gasteiger partial charge in [-0.3, -0.25) is 4.79 Å². The highest BCUT2D eigenvalue weighted by molar-refractivity contribution is 5.93. The number of aryl methyl sites for hydroxylation is 1. The van der Waals surface area contributed by atoms with Crippen LogP contribution in [0.4, 0.5) is 11.4 Å². The molecule has 7 heteroatoms. The Morgan fingerprint density at radius 3 is 2.58 bits per heavy atom. The van der Waals surface area contributed by atoms with E-state index in [1.807, 2.05) is 0 Å². The largest absolute Gasteiger partial charge is 0.507 e. The predicted octanol–water partition coefficient (Wildman–Crippen LogP) is 4.52. The summed E-state index contributed by atoms with van der Waals surface area (Å²) >= 11 is 0. The van der Waals surface area contributed by atoms with Gasteiger partial charge in [0.2, 0.25) is 0 Å². The van der Waals surface area contributed by atoms with Crippen LogP contribution in [-0.2, 0) is 16.0 Å². The van der Waals surface area contributed by atoms with Gasteiger partial charge in [0, 0.05) is 6.42 Å². The quantitative estimate of drug-likeness (QED) is 0.432. The average molecular weight is 354 g/mol. The maximum atomic E-state index is 11.9. The molecule has 7 nitrogen and oxygen atoms in total. The number of phenolic OH excluding ortho intramolecular Hbond substituents is 1. The van der Waals surface area contributed by atoms with Crippen molar-refractivity contribution < 1.29 is 24.5 Å². The van der Waals surface area contributed by atoms with Gasteiger partial charge in [0.05, 0.1) is 17.1 Å². The molecule has 0 aliphatic rings. The van der Waals surface area contributed by atoms with Crippen LogP contribution in [0.3, 0.4) is 0 Å². The minimum atomic E-state index is -0.893. The number of phenols is 1. The third-order valence-corrected chi connectivity index (χ3v) is 3.34. The number of hydrogen-bond donors (Lipinski definition) is 2.